The molecule has 0 bridgehead atoms. The Bertz CT molecular complexity index is 882. The molecule has 0 radical (unpaired) electrons. The summed E-state index contributed by atoms with van der Waals surface area (Å²) in [4.78, 5) is 16.8. The van der Waals surface area contributed by atoms with Crippen LogP contribution in [0.5, 0.6) is 0 Å². The summed E-state index contributed by atoms with van der Waals surface area (Å²) in [6.45, 7) is 1.48. The van der Waals surface area contributed by atoms with Gasteiger partial charge in [-0.3, -0.25) is 4.98 Å². The van der Waals surface area contributed by atoms with Crippen molar-refractivity contribution in [1.82, 2.24) is 15.6 Å². The van der Waals surface area contributed by atoms with Crippen LogP contribution >= 0.6 is 11.6 Å². The summed E-state index contributed by atoms with van der Waals surface area (Å²) in [6.07, 6.45) is 0.246. The SMILES string of the molecule is C[C@](NC(=O)NC1CCCC1)(c1cc(F)cc(C(F)(F)F)c1)c1ccc(Cl)cn1. The molecule has 2 N–H and O–H groups in total. The lowest BCUT2D eigenvalue weighted by Crippen LogP contribution is -2.51. The first-order valence-electron chi connectivity index (χ1n) is 9.17. The predicted octanol–water partition coefficient (Wildman–Crippen LogP) is 5.40. The number of urea groups is 1. The van der Waals surface area contributed by atoms with E-state index >= 15 is 0 Å². The number of benzene rings is 1. The van der Waals surface area contributed by atoms with Crippen molar-refractivity contribution in [2.45, 2.75) is 50.4 Å². The standard InChI is InChI=1S/C20H20ClF4N3O/c1-19(17-7-6-14(21)11-26-17,28-18(29)27-16-4-2-3-5-16)12-8-13(20(23,24)25)10-15(22)9-12/h6-11,16H,2-5H2,1H3,(H2,27,28,29)/t19-/m0/s1. The van der Waals surface area contributed by atoms with Gasteiger partial charge in [-0.05, 0) is 55.7 Å². The summed E-state index contributed by atoms with van der Waals surface area (Å²) >= 11 is 5.87. The third-order valence-electron chi connectivity index (χ3n) is 5.10. The van der Waals surface area contributed by atoms with Crippen LogP contribution in [0.1, 0.15) is 49.4 Å². The second-order valence-corrected chi connectivity index (χ2v) is 7.73. The number of halogens is 5. The van der Waals surface area contributed by atoms with Crippen LogP contribution in [0.15, 0.2) is 36.5 Å². The van der Waals surface area contributed by atoms with E-state index in [0.717, 1.165) is 37.8 Å². The number of pyridine rings is 1. The number of nitrogens with one attached hydrogen (secondary N) is 2. The van der Waals surface area contributed by atoms with Gasteiger partial charge in [0, 0.05) is 12.2 Å². The van der Waals surface area contributed by atoms with Crippen LogP contribution in [-0.2, 0) is 11.7 Å². The van der Waals surface area contributed by atoms with E-state index < -0.39 is 29.1 Å². The molecule has 1 aromatic heterocycles. The average Bonchev–Trinajstić information content (AvgIpc) is 3.13. The van der Waals surface area contributed by atoms with Gasteiger partial charge in [0.25, 0.3) is 0 Å². The summed E-state index contributed by atoms with van der Waals surface area (Å²) in [7, 11) is 0. The number of rotatable bonds is 4. The Morgan fingerprint density at radius 1 is 1.14 bits per heavy atom. The molecule has 0 unspecified atom stereocenters. The number of amides is 2. The van der Waals surface area contributed by atoms with Gasteiger partial charge in [-0.2, -0.15) is 13.2 Å². The molecule has 3 rings (SSSR count). The van der Waals surface area contributed by atoms with Gasteiger partial charge >= 0.3 is 12.2 Å². The molecule has 29 heavy (non-hydrogen) atoms. The summed E-state index contributed by atoms with van der Waals surface area (Å²) in [5, 5.41) is 5.83. The second-order valence-electron chi connectivity index (χ2n) is 7.29. The van der Waals surface area contributed by atoms with E-state index in [1.165, 1.54) is 25.3 Å². The Balaban J connectivity index is 2.02. The summed E-state index contributed by atoms with van der Waals surface area (Å²) < 4.78 is 53.7. The molecule has 0 saturated heterocycles. The highest BCUT2D eigenvalue weighted by molar-refractivity contribution is 6.30. The number of hydrogen-bond acceptors (Lipinski definition) is 2. The zero-order valence-electron chi connectivity index (χ0n) is 15.6. The van der Waals surface area contributed by atoms with Crippen molar-refractivity contribution < 1.29 is 22.4 Å². The minimum atomic E-state index is -4.74. The highest BCUT2D eigenvalue weighted by Crippen LogP contribution is 2.35. The summed E-state index contributed by atoms with van der Waals surface area (Å²) in [6, 6.07) is 4.61. The topological polar surface area (TPSA) is 54.0 Å². The van der Waals surface area contributed by atoms with Crippen molar-refractivity contribution in [3.63, 3.8) is 0 Å². The van der Waals surface area contributed by atoms with Gasteiger partial charge in [0.15, 0.2) is 0 Å². The maximum absolute atomic E-state index is 14.1. The van der Waals surface area contributed by atoms with E-state index in [4.69, 9.17) is 11.6 Å². The van der Waals surface area contributed by atoms with E-state index in [1.54, 1.807) is 0 Å². The molecule has 9 heteroatoms. The molecule has 2 aromatic rings. The van der Waals surface area contributed by atoms with Gasteiger partial charge in [0.2, 0.25) is 0 Å². The first-order valence-corrected chi connectivity index (χ1v) is 9.55. The van der Waals surface area contributed by atoms with Crippen LogP contribution in [0.4, 0.5) is 22.4 Å². The number of alkyl halides is 3. The third kappa shape index (κ3) is 4.98. The molecule has 156 valence electrons. The first kappa shape index (κ1) is 21.4. The molecule has 1 aromatic carbocycles. The molecule has 0 spiro atoms. The molecule has 0 aliphatic heterocycles. The van der Waals surface area contributed by atoms with Crippen molar-refractivity contribution >= 4 is 17.6 Å². The van der Waals surface area contributed by atoms with Crippen molar-refractivity contribution in [2.24, 2.45) is 0 Å². The summed E-state index contributed by atoms with van der Waals surface area (Å²) in [5.41, 5.74) is -2.52. The molecule has 1 aliphatic carbocycles. The van der Waals surface area contributed by atoms with E-state index in [9.17, 15) is 22.4 Å². The quantitative estimate of drug-likeness (QED) is 0.639. The maximum Gasteiger partial charge on any atom is 0.416 e. The highest BCUT2D eigenvalue weighted by atomic mass is 35.5. The van der Waals surface area contributed by atoms with Gasteiger partial charge < -0.3 is 10.6 Å². The van der Waals surface area contributed by atoms with Gasteiger partial charge in [0.1, 0.15) is 11.4 Å². The van der Waals surface area contributed by atoms with E-state index in [-0.39, 0.29) is 17.3 Å². The van der Waals surface area contributed by atoms with Gasteiger partial charge in [-0.25, -0.2) is 9.18 Å². The fraction of sp³-hybridized carbons (Fsp3) is 0.400. The van der Waals surface area contributed by atoms with E-state index in [1.807, 2.05) is 0 Å². The van der Waals surface area contributed by atoms with Gasteiger partial charge in [-0.15, -0.1) is 0 Å². The highest BCUT2D eigenvalue weighted by Gasteiger charge is 2.37. The summed E-state index contributed by atoms with van der Waals surface area (Å²) in [5.74, 6) is -1.06. The Hall–Kier alpha value is -2.35. The second kappa shape index (κ2) is 8.18. The average molecular weight is 430 g/mol. The van der Waals surface area contributed by atoms with Crippen LogP contribution in [0.25, 0.3) is 0 Å². The van der Waals surface area contributed by atoms with Crippen LogP contribution in [0.3, 0.4) is 0 Å². The van der Waals surface area contributed by atoms with Crippen LogP contribution in [-0.4, -0.2) is 17.1 Å². The van der Waals surface area contributed by atoms with E-state index in [0.29, 0.717) is 11.1 Å². The Morgan fingerprint density at radius 3 is 2.38 bits per heavy atom. The zero-order valence-corrected chi connectivity index (χ0v) is 16.4. The molecule has 1 aliphatic rings. The van der Waals surface area contributed by atoms with Crippen molar-refractivity contribution in [3.8, 4) is 0 Å². The molecule has 1 heterocycles. The normalized spacial score (nSPS) is 17.0. The fourth-order valence-electron chi connectivity index (χ4n) is 3.52. The number of nitrogens with zero attached hydrogens (tertiary/aromatic N) is 1. The lowest BCUT2D eigenvalue weighted by atomic mass is 9.87. The smallest absolute Gasteiger partial charge is 0.335 e. The Morgan fingerprint density at radius 2 is 1.79 bits per heavy atom. The Labute approximate surface area is 170 Å². The minimum absolute atomic E-state index is 0.00401. The lowest BCUT2D eigenvalue weighted by Gasteiger charge is -2.32. The number of carbonyl (C=O) groups excluding carboxylic acids is 1. The van der Waals surface area contributed by atoms with Crippen molar-refractivity contribution in [1.29, 1.82) is 0 Å². The van der Waals surface area contributed by atoms with Crippen molar-refractivity contribution in [3.05, 3.63) is 64.2 Å². The third-order valence-corrected chi connectivity index (χ3v) is 5.32. The van der Waals surface area contributed by atoms with Crippen LogP contribution in [0, 0.1) is 5.82 Å². The van der Waals surface area contributed by atoms with Crippen LogP contribution in [0.2, 0.25) is 5.02 Å². The fourth-order valence-corrected chi connectivity index (χ4v) is 3.63. The largest absolute Gasteiger partial charge is 0.416 e. The molecule has 1 fully saturated rings. The Kier molecular flexibility index (Phi) is 6.03. The van der Waals surface area contributed by atoms with Gasteiger partial charge in [0.05, 0.1) is 16.3 Å². The van der Waals surface area contributed by atoms with Crippen LogP contribution < -0.4 is 10.6 Å². The van der Waals surface area contributed by atoms with E-state index in [2.05, 4.69) is 15.6 Å². The lowest BCUT2D eigenvalue weighted by molar-refractivity contribution is -0.137. The molecular formula is C20H20ClF4N3O. The van der Waals surface area contributed by atoms with Gasteiger partial charge in [-0.1, -0.05) is 24.4 Å². The predicted molar refractivity (Wildman–Crippen MR) is 101 cm³/mol. The van der Waals surface area contributed by atoms with Crippen molar-refractivity contribution in [2.75, 3.05) is 0 Å². The molecule has 2 amide bonds. The maximum atomic E-state index is 14.1. The first-order chi connectivity index (χ1) is 13.6. The number of aromatic nitrogens is 1. The minimum Gasteiger partial charge on any atom is -0.335 e. The molecular weight excluding hydrogens is 410 g/mol. The molecule has 4 nitrogen and oxygen atoms in total. The molecule has 1 saturated carbocycles. The monoisotopic (exact) mass is 429 g/mol. The molecule has 1 atom stereocenters. The number of carbonyl (C=O) groups is 1. The number of hydrogen-bond donors (Lipinski definition) is 2. The zero-order chi connectivity index (χ0) is 21.2.